The van der Waals surface area contributed by atoms with Crippen LogP contribution in [0.3, 0.4) is 0 Å². The minimum atomic E-state index is -0.314. The average Bonchev–Trinajstić information content (AvgIpc) is 3.15. The molecule has 0 spiro atoms. The molecule has 4 rings (SSSR count). The fraction of sp³-hybridized carbons (Fsp3) is 0.0909. The van der Waals surface area contributed by atoms with Crippen molar-refractivity contribution in [3.05, 3.63) is 95.3 Å². The van der Waals surface area contributed by atoms with Gasteiger partial charge in [0.2, 0.25) is 0 Å². The Hall–Kier alpha value is -2.95. The van der Waals surface area contributed by atoms with Crippen molar-refractivity contribution in [3.63, 3.8) is 0 Å². The summed E-state index contributed by atoms with van der Waals surface area (Å²) in [6.07, 6.45) is 3.47. The summed E-state index contributed by atoms with van der Waals surface area (Å²) in [7, 11) is 0. The molecule has 27 heavy (non-hydrogen) atoms. The molecule has 0 fully saturated rings. The molecule has 0 radical (unpaired) electrons. The molecule has 0 aliphatic carbocycles. The predicted molar refractivity (Wildman–Crippen MR) is 106 cm³/mol. The van der Waals surface area contributed by atoms with Gasteiger partial charge in [0.1, 0.15) is 5.69 Å². The van der Waals surface area contributed by atoms with E-state index < -0.39 is 0 Å². The summed E-state index contributed by atoms with van der Waals surface area (Å²) >= 11 is 6.03. The standard InChI is InChI=1S/C22H17ClN2O2/c23-18-10-8-15(9-11-18)21-20(19(14-26)17-7-4-12-24-13-17)22(27-25-21)16-5-2-1-3-6-16/h1-13,19,26H,14H2. The van der Waals surface area contributed by atoms with Gasteiger partial charge in [0.05, 0.1) is 6.61 Å². The topological polar surface area (TPSA) is 59.2 Å². The Kier molecular flexibility index (Phi) is 5.01. The third kappa shape index (κ3) is 3.50. The molecule has 4 aromatic rings. The van der Waals surface area contributed by atoms with Crippen LogP contribution >= 0.6 is 11.6 Å². The highest BCUT2D eigenvalue weighted by Crippen LogP contribution is 2.40. The van der Waals surface area contributed by atoms with Gasteiger partial charge in [0, 0.05) is 40.0 Å². The zero-order valence-corrected chi connectivity index (χ0v) is 15.2. The summed E-state index contributed by atoms with van der Waals surface area (Å²) in [6, 6.07) is 21.0. The van der Waals surface area contributed by atoms with E-state index in [4.69, 9.17) is 16.1 Å². The van der Waals surface area contributed by atoms with Crippen LogP contribution in [0.15, 0.2) is 83.6 Å². The van der Waals surface area contributed by atoms with Crippen LogP contribution in [-0.4, -0.2) is 21.9 Å². The van der Waals surface area contributed by atoms with Gasteiger partial charge < -0.3 is 9.63 Å². The Morgan fingerprint density at radius 2 is 1.70 bits per heavy atom. The molecule has 4 nitrogen and oxygen atoms in total. The van der Waals surface area contributed by atoms with Crippen molar-refractivity contribution in [3.8, 4) is 22.6 Å². The van der Waals surface area contributed by atoms with Crippen molar-refractivity contribution in [1.82, 2.24) is 10.1 Å². The average molecular weight is 377 g/mol. The van der Waals surface area contributed by atoms with Crippen molar-refractivity contribution in [2.45, 2.75) is 5.92 Å². The van der Waals surface area contributed by atoms with E-state index in [0.29, 0.717) is 16.5 Å². The second-order valence-corrected chi connectivity index (χ2v) is 6.60. The molecule has 0 saturated carbocycles. The second kappa shape index (κ2) is 7.74. The van der Waals surface area contributed by atoms with E-state index in [1.807, 2.05) is 66.7 Å². The van der Waals surface area contributed by atoms with Crippen LogP contribution in [0.25, 0.3) is 22.6 Å². The van der Waals surface area contributed by atoms with Crippen LogP contribution in [0.5, 0.6) is 0 Å². The molecule has 0 aliphatic heterocycles. The number of benzene rings is 2. The quantitative estimate of drug-likeness (QED) is 0.521. The van der Waals surface area contributed by atoms with Gasteiger partial charge in [-0.25, -0.2) is 0 Å². The van der Waals surface area contributed by atoms with Crippen molar-refractivity contribution in [1.29, 1.82) is 0 Å². The molecule has 1 atom stereocenters. The van der Waals surface area contributed by atoms with Gasteiger partial charge in [0.15, 0.2) is 5.76 Å². The van der Waals surface area contributed by atoms with Gasteiger partial charge in [-0.1, -0.05) is 65.3 Å². The minimum Gasteiger partial charge on any atom is -0.395 e. The monoisotopic (exact) mass is 376 g/mol. The number of nitrogens with zero attached hydrogens (tertiary/aromatic N) is 2. The van der Waals surface area contributed by atoms with Crippen LogP contribution < -0.4 is 0 Å². The zero-order chi connectivity index (χ0) is 18.6. The van der Waals surface area contributed by atoms with E-state index >= 15 is 0 Å². The SMILES string of the molecule is OCC(c1cccnc1)c1c(-c2ccc(Cl)cc2)noc1-c1ccccc1. The lowest BCUT2D eigenvalue weighted by Crippen LogP contribution is -2.08. The number of aromatic nitrogens is 2. The number of rotatable bonds is 5. The maximum Gasteiger partial charge on any atom is 0.171 e. The lowest BCUT2D eigenvalue weighted by atomic mass is 9.88. The third-order valence-corrected chi connectivity index (χ3v) is 4.75. The van der Waals surface area contributed by atoms with Gasteiger partial charge in [-0.05, 0) is 23.8 Å². The Balaban J connectivity index is 1.93. The first-order valence-corrected chi connectivity index (χ1v) is 8.97. The van der Waals surface area contributed by atoms with E-state index in [0.717, 1.165) is 22.3 Å². The van der Waals surface area contributed by atoms with Crippen molar-refractivity contribution < 1.29 is 9.63 Å². The summed E-state index contributed by atoms with van der Waals surface area (Å²) in [4.78, 5) is 4.20. The van der Waals surface area contributed by atoms with Crippen LogP contribution in [0, 0.1) is 0 Å². The fourth-order valence-corrected chi connectivity index (χ4v) is 3.31. The van der Waals surface area contributed by atoms with E-state index in [1.165, 1.54) is 0 Å². The molecule has 0 amide bonds. The molecule has 2 aromatic carbocycles. The molecule has 1 unspecified atom stereocenters. The summed E-state index contributed by atoms with van der Waals surface area (Å²) < 4.78 is 5.76. The first-order chi connectivity index (χ1) is 13.3. The Morgan fingerprint density at radius 1 is 0.926 bits per heavy atom. The van der Waals surface area contributed by atoms with Gasteiger partial charge in [-0.15, -0.1) is 0 Å². The van der Waals surface area contributed by atoms with Crippen molar-refractivity contribution in [2.24, 2.45) is 0 Å². The fourth-order valence-electron chi connectivity index (χ4n) is 3.18. The summed E-state index contributed by atoms with van der Waals surface area (Å²) in [5.41, 5.74) is 4.20. The smallest absolute Gasteiger partial charge is 0.171 e. The first kappa shape index (κ1) is 17.5. The van der Waals surface area contributed by atoms with E-state index in [-0.39, 0.29) is 12.5 Å². The second-order valence-electron chi connectivity index (χ2n) is 6.17. The van der Waals surface area contributed by atoms with Crippen molar-refractivity contribution in [2.75, 3.05) is 6.61 Å². The molecule has 1 N–H and O–H groups in total. The lowest BCUT2D eigenvalue weighted by Gasteiger charge is -2.16. The molecule has 0 aliphatic rings. The van der Waals surface area contributed by atoms with Crippen LogP contribution in [0.1, 0.15) is 17.0 Å². The minimum absolute atomic E-state index is 0.0900. The number of halogens is 1. The normalized spacial score (nSPS) is 12.1. The van der Waals surface area contributed by atoms with Gasteiger partial charge in [-0.3, -0.25) is 4.98 Å². The molecule has 2 aromatic heterocycles. The van der Waals surface area contributed by atoms with Gasteiger partial charge >= 0.3 is 0 Å². The van der Waals surface area contributed by atoms with Gasteiger partial charge in [0.25, 0.3) is 0 Å². The van der Waals surface area contributed by atoms with Gasteiger partial charge in [-0.2, -0.15) is 0 Å². The molecule has 0 saturated heterocycles. The highest BCUT2D eigenvalue weighted by Gasteiger charge is 2.27. The predicted octanol–water partition coefficient (Wildman–Crippen LogP) is 5.18. The maximum atomic E-state index is 10.2. The molecule has 0 bridgehead atoms. The highest BCUT2D eigenvalue weighted by molar-refractivity contribution is 6.30. The number of hydrogen-bond donors (Lipinski definition) is 1. The summed E-state index contributed by atoms with van der Waals surface area (Å²) in [6.45, 7) is -0.0900. The number of pyridine rings is 1. The largest absolute Gasteiger partial charge is 0.395 e. The van der Waals surface area contributed by atoms with Crippen LogP contribution in [-0.2, 0) is 0 Å². The first-order valence-electron chi connectivity index (χ1n) is 8.59. The third-order valence-electron chi connectivity index (χ3n) is 4.50. The van der Waals surface area contributed by atoms with Crippen LogP contribution in [0.2, 0.25) is 5.02 Å². The van der Waals surface area contributed by atoms with E-state index in [2.05, 4.69) is 10.1 Å². The summed E-state index contributed by atoms with van der Waals surface area (Å²) in [5.74, 6) is 0.328. The zero-order valence-electron chi connectivity index (χ0n) is 14.4. The number of aliphatic hydroxyl groups excluding tert-OH is 1. The molecular weight excluding hydrogens is 360 g/mol. The lowest BCUT2D eigenvalue weighted by molar-refractivity contribution is 0.280. The number of aliphatic hydroxyl groups is 1. The molecular formula is C22H17ClN2O2. The Bertz CT molecular complexity index is 1020. The van der Waals surface area contributed by atoms with Crippen molar-refractivity contribution >= 4 is 11.6 Å². The molecule has 134 valence electrons. The Labute approximate surface area is 162 Å². The van der Waals surface area contributed by atoms with Crippen LogP contribution in [0.4, 0.5) is 0 Å². The molecule has 2 heterocycles. The summed E-state index contributed by atoms with van der Waals surface area (Å²) in [5, 5.41) is 15.2. The maximum absolute atomic E-state index is 10.2. The Morgan fingerprint density at radius 3 is 2.37 bits per heavy atom. The number of hydrogen-bond acceptors (Lipinski definition) is 4. The van der Waals surface area contributed by atoms with E-state index in [1.54, 1.807) is 12.4 Å². The molecule has 5 heteroatoms. The highest BCUT2D eigenvalue weighted by atomic mass is 35.5. The van der Waals surface area contributed by atoms with E-state index in [9.17, 15) is 5.11 Å².